The lowest BCUT2D eigenvalue weighted by Gasteiger charge is -2.51. The van der Waals surface area contributed by atoms with E-state index in [0.717, 1.165) is 25.6 Å². The van der Waals surface area contributed by atoms with Crippen LogP contribution in [0.15, 0.2) is 0 Å². The first-order valence-corrected chi connectivity index (χ1v) is 5.73. The van der Waals surface area contributed by atoms with Gasteiger partial charge in [0.05, 0.1) is 13.2 Å². The summed E-state index contributed by atoms with van der Waals surface area (Å²) in [5.74, 6) is 1.28. The van der Waals surface area contributed by atoms with Gasteiger partial charge in [-0.15, -0.1) is 0 Å². The molecule has 1 N–H and O–H groups in total. The SMILES string of the molecule is OC[C@H]1C[C@@H]2CC[C@H]1C1(C2)OCCO1. The molecule has 0 amide bonds. The van der Waals surface area contributed by atoms with Gasteiger partial charge in [-0.1, -0.05) is 0 Å². The summed E-state index contributed by atoms with van der Waals surface area (Å²) in [4.78, 5) is 0. The average Bonchev–Trinajstić information content (AvgIpc) is 2.67. The third kappa shape index (κ3) is 1.16. The quantitative estimate of drug-likeness (QED) is 0.687. The first kappa shape index (κ1) is 9.13. The van der Waals surface area contributed by atoms with Crippen LogP contribution in [0.2, 0.25) is 0 Å². The van der Waals surface area contributed by atoms with Gasteiger partial charge in [0.25, 0.3) is 0 Å². The highest BCUT2D eigenvalue weighted by Gasteiger charge is 2.55. The minimum absolute atomic E-state index is 0.297. The molecule has 4 fully saturated rings. The molecule has 0 aromatic heterocycles. The van der Waals surface area contributed by atoms with E-state index in [1.165, 1.54) is 19.3 Å². The monoisotopic (exact) mass is 198 g/mol. The van der Waals surface area contributed by atoms with E-state index >= 15 is 0 Å². The molecule has 80 valence electrons. The minimum atomic E-state index is -0.297. The summed E-state index contributed by atoms with van der Waals surface area (Å²) in [6, 6.07) is 0. The number of aliphatic hydroxyl groups is 1. The zero-order chi connectivity index (χ0) is 9.60. The van der Waals surface area contributed by atoms with Crippen LogP contribution in [0.25, 0.3) is 0 Å². The van der Waals surface area contributed by atoms with Gasteiger partial charge in [0, 0.05) is 18.9 Å². The predicted octanol–water partition coefficient (Wildman–Crippen LogP) is 1.16. The molecule has 1 heterocycles. The summed E-state index contributed by atoms with van der Waals surface area (Å²) in [7, 11) is 0. The normalized spacial score (nSPS) is 44.8. The summed E-state index contributed by atoms with van der Waals surface area (Å²) in [5.41, 5.74) is 0. The molecular formula is C11H18O3. The molecule has 3 saturated carbocycles. The number of hydrogen-bond donors (Lipinski definition) is 1. The van der Waals surface area contributed by atoms with Crippen molar-refractivity contribution in [3.63, 3.8) is 0 Å². The lowest BCUT2D eigenvalue weighted by atomic mass is 9.61. The van der Waals surface area contributed by atoms with Gasteiger partial charge in [0.15, 0.2) is 5.79 Å². The van der Waals surface area contributed by atoms with E-state index in [9.17, 15) is 5.11 Å². The molecule has 1 saturated heterocycles. The van der Waals surface area contributed by atoms with E-state index in [1.54, 1.807) is 0 Å². The van der Waals surface area contributed by atoms with Gasteiger partial charge in [-0.3, -0.25) is 0 Å². The largest absolute Gasteiger partial charge is 0.396 e. The van der Waals surface area contributed by atoms with E-state index in [1.807, 2.05) is 0 Å². The summed E-state index contributed by atoms with van der Waals surface area (Å²) in [5, 5.41) is 9.35. The van der Waals surface area contributed by atoms with Gasteiger partial charge in [-0.2, -0.15) is 0 Å². The standard InChI is InChI=1S/C11H18O3/c12-7-9-5-8-1-2-10(9)11(6-8)13-3-4-14-11/h8-10,12H,1-7H2/t8-,9+,10+/m0/s1. The highest BCUT2D eigenvalue weighted by molar-refractivity contribution is 4.98. The Morgan fingerprint density at radius 2 is 2.00 bits per heavy atom. The van der Waals surface area contributed by atoms with Crippen molar-refractivity contribution < 1.29 is 14.6 Å². The van der Waals surface area contributed by atoms with Crippen LogP contribution in [0.3, 0.4) is 0 Å². The summed E-state index contributed by atoms with van der Waals surface area (Å²) >= 11 is 0. The number of rotatable bonds is 1. The van der Waals surface area contributed by atoms with Crippen LogP contribution in [0.5, 0.6) is 0 Å². The van der Waals surface area contributed by atoms with Gasteiger partial charge in [0.1, 0.15) is 0 Å². The third-order valence-electron chi connectivity index (χ3n) is 4.24. The predicted molar refractivity (Wildman–Crippen MR) is 50.7 cm³/mol. The Morgan fingerprint density at radius 3 is 2.64 bits per heavy atom. The van der Waals surface area contributed by atoms with Crippen LogP contribution in [-0.4, -0.2) is 30.7 Å². The lowest BCUT2D eigenvalue weighted by molar-refractivity contribution is -0.257. The maximum absolute atomic E-state index is 9.35. The molecule has 4 aliphatic rings. The molecule has 1 spiro atoms. The Balaban J connectivity index is 1.86. The Bertz CT molecular complexity index is 223. The van der Waals surface area contributed by atoms with Gasteiger partial charge < -0.3 is 14.6 Å². The Hall–Kier alpha value is -0.120. The summed E-state index contributed by atoms with van der Waals surface area (Å²) < 4.78 is 11.6. The Labute approximate surface area is 84.4 Å². The molecule has 0 aromatic rings. The van der Waals surface area contributed by atoms with E-state index in [2.05, 4.69) is 0 Å². The molecule has 0 unspecified atom stereocenters. The van der Waals surface area contributed by atoms with E-state index in [-0.39, 0.29) is 5.79 Å². The second-order valence-corrected chi connectivity index (χ2v) is 4.94. The maximum Gasteiger partial charge on any atom is 0.171 e. The van der Waals surface area contributed by atoms with Crippen molar-refractivity contribution in [2.75, 3.05) is 19.8 Å². The fourth-order valence-electron chi connectivity index (χ4n) is 3.68. The van der Waals surface area contributed by atoms with Crippen LogP contribution < -0.4 is 0 Å². The molecule has 4 rings (SSSR count). The molecule has 3 atom stereocenters. The number of aliphatic hydroxyl groups excluding tert-OH is 1. The van der Waals surface area contributed by atoms with Crippen molar-refractivity contribution in [2.45, 2.75) is 31.5 Å². The Kier molecular flexibility index (Phi) is 2.08. The van der Waals surface area contributed by atoms with Crippen LogP contribution in [0.1, 0.15) is 25.7 Å². The van der Waals surface area contributed by atoms with Crippen LogP contribution in [0, 0.1) is 17.8 Å². The number of hydrogen-bond acceptors (Lipinski definition) is 3. The molecule has 0 radical (unpaired) electrons. The van der Waals surface area contributed by atoms with E-state index in [0.29, 0.717) is 18.4 Å². The van der Waals surface area contributed by atoms with E-state index < -0.39 is 0 Å². The third-order valence-corrected chi connectivity index (χ3v) is 4.24. The summed E-state index contributed by atoms with van der Waals surface area (Å²) in [6.07, 6.45) is 4.72. The zero-order valence-electron chi connectivity index (χ0n) is 8.45. The van der Waals surface area contributed by atoms with Crippen molar-refractivity contribution in [1.82, 2.24) is 0 Å². The van der Waals surface area contributed by atoms with Gasteiger partial charge >= 0.3 is 0 Å². The first-order valence-electron chi connectivity index (χ1n) is 5.73. The second kappa shape index (κ2) is 3.19. The maximum atomic E-state index is 9.35. The highest BCUT2D eigenvalue weighted by atomic mass is 16.7. The fraction of sp³-hybridized carbons (Fsp3) is 1.00. The smallest absolute Gasteiger partial charge is 0.171 e. The van der Waals surface area contributed by atoms with E-state index in [4.69, 9.17) is 9.47 Å². The topological polar surface area (TPSA) is 38.7 Å². The molecular weight excluding hydrogens is 180 g/mol. The van der Waals surface area contributed by atoms with Gasteiger partial charge in [-0.25, -0.2) is 0 Å². The van der Waals surface area contributed by atoms with Crippen molar-refractivity contribution >= 4 is 0 Å². The zero-order valence-corrected chi connectivity index (χ0v) is 8.45. The van der Waals surface area contributed by atoms with Crippen LogP contribution in [0.4, 0.5) is 0 Å². The van der Waals surface area contributed by atoms with Crippen LogP contribution >= 0.6 is 0 Å². The molecule has 3 heteroatoms. The fourth-order valence-corrected chi connectivity index (χ4v) is 3.68. The van der Waals surface area contributed by atoms with Crippen molar-refractivity contribution in [1.29, 1.82) is 0 Å². The lowest BCUT2D eigenvalue weighted by Crippen LogP contribution is -2.53. The summed E-state index contributed by atoms with van der Waals surface area (Å²) in [6.45, 7) is 1.78. The second-order valence-electron chi connectivity index (χ2n) is 4.94. The molecule has 3 aliphatic carbocycles. The van der Waals surface area contributed by atoms with Crippen molar-refractivity contribution in [3.05, 3.63) is 0 Å². The van der Waals surface area contributed by atoms with Gasteiger partial charge in [0.2, 0.25) is 0 Å². The average molecular weight is 198 g/mol. The molecule has 1 aliphatic heterocycles. The first-order chi connectivity index (χ1) is 6.84. The van der Waals surface area contributed by atoms with Crippen molar-refractivity contribution in [3.8, 4) is 0 Å². The Morgan fingerprint density at radius 1 is 1.21 bits per heavy atom. The van der Waals surface area contributed by atoms with Crippen LogP contribution in [-0.2, 0) is 9.47 Å². The molecule has 0 aromatic carbocycles. The minimum Gasteiger partial charge on any atom is -0.396 e. The molecule has 3 nitrogen and oxygen atoms in total. The number of fused-ring (bicyclic) bond motifs is 2. The molecule has 14 heavy (non-hydrogen) atoms. The highest BCUT2D eigenvalue weighted by Crippen LogP contribution is 2.53. The van der Waals surface area contributed by atoms with Crippen molar-refractivity contribution in [2.24, 2.45) is 17.8 Å². The van der Waals surface area contributed by atoms with Gasteiger partial charge in [-0.05, 0) is 31.1 Å². The number of ether oxygens (including phenoxy) is 2. The molecule has 2 bridgehead atoms.